The Labute approximate surface area is 140 Å². The highest BCUT2D eigenvalue weighted by Crippen LogP contribution is 2.32. The fraction of sp³-hybridized carbons (Fsp3) is 0.733. The Balaban J connectivity index is 0.00000180. The minimum absolute atomic E-state index is 0. The summed E-state index contributed by atoms with van der Waals surface area (Å²) in [5, 5.41) is 3.46. The van der Waals surface area contributed by atoms with Crippen LogP contribution in [0.15, 0.2) is 12.1 Å². The number of hydrogen-bond donors (Lipinski definition) is 1. The topological polar surface area (TPSA) is 15.3 Å². The Morgan fingerprint density at radius 3 is 2.45 bits per heavy atom. The van der Waals surface area contributed by atoms with Crippen LogP contribution in [0.25, 0.3) is 0 Å². The normalized spacial score (nSPS) is 17.1. The third-order valence-electron chi connectivity index (χ3n) is 3.78. The van der Waals surface area contributed by atoms with Gasteiger partial charge in [0.05, 0.1) is 0 Å². The van der Waals surface area contributed by atoms with E-state index in [4.69, 9.17) is 0 Å². The lowest BCUT2D eigenvalue weighted by atomic mass is 10.1. The molecule has 20 heavy (non-hydrogen) atoms. The van der Waals surface area contributed by atoms with Gasteiger partial charge in [0.25, 0.3) is 0 Å². The highest BCUT2D eigenvalue weighted by molar-refractivity contribution is 7.12. The summed E-state index contributed by atoms with van der Waals surface area (Å²) in [5.41, 5.74) is 0. The molecule has 5 heteroatoms. The zero-order valence-electron chi connectivity index (χ0n) is 12.6. The largest absolute Gasteiger partial charge is 0.314 e. The van der Waals surface area contributed by atoms with Crippen LogP contribution in [0.1, 0.15) is 48.9 Å². The molecule has 1 saturated heterocycles. The molecule has 0 aromatic carbocycles. The highest BCUT2D eigenvalue weighted by atomic mass is 35.5. The number of rotatable bonds is 6. The van der Waals surface area contributed by atoms with Crippen molar-refractivity contribution in [2.75, 3.05) is 26.2 Å². The number of halogens is 2. The van der Waals surface area contributed by atoms with Gasteiger partial charge in [-0.05, 0) is 25.0 Å². The highest BCUT2D eigenvalue weighted by Gasteiger charge is 2.22. The molecule has 1 aliphatic rings. The monoisotopic (exact) mass is 338 g/mol. The molecule has 1 aliphatic heterocycles. The van der Waals surface area contributed by atoms with E-state index in [1.54, 1.807) is 4.88 Å². The molecule has 1 N–H and O–H groups in total. The Bertz CT molecular complexity index is 351. The summed E-state index contributed by atoms with van der Waals surface area (Å²) in [7, 11) is 0. The van der Waals surface area contributed by atoms with E-state index in [0.29, 0.717) is 6.04 Å². The summed E-state index contributed by atoms with van der Waals surface area (Å²) in [6.07, 6.45) is 5.13. The number of unbranched alkanes of at least 4 members (excludes halogenated alkanes) is 1. The van der Waals surface area contributed by atoms with E-state index in [0.717, 1.165) is 13.1 Å². The van der Waals surface area contributed by atoms with E-state index in [-0.39, 0.29) is 24.8 Å². The molecule has 0 saturated carbocycles. The molecular formula is C15H28Cl2N2S. The van der Waals surface area contributed by atoms with Crippen molar-refractivity contribution in [1.29, 1.82) is 0 Å². The summed E-state index contributed by atoms with van der Waals surface area (Å²) in [4.78, 5) is 5.79. The minimum atomic E-state index is 0. The molecule has 2 heterocycles. The van der Waals surface area contributed by atoms with Crippen LogP contribution in [-0.2, 0) is 6.42 Å². The molecule has 1 fully saturated rings. The first-order valence-corrected chi connectivity index (χ1v) is 8.20. The van der Waals surface area contributed by atoms with E-state index in [9.17, 15) is 0 Å². The molecule has 0 bridgehead atoms. The Morgan fingerprint density at radius 2 is 1.90 bits per heavy atom. The van der Waals surface area contributed by atoms with Crippen molar-refractivity contribution in [3.63, 3.8) is 0 Å². The van der Waals surface area contributed by atoms with Gasteiger partial charge in [-0.2, -0.15) is 0 Å². The smallest absolute Gasteiger partial charge is 0.0442 e. The summed E-state index contributed by atoms with van der Waals surface area (Å²) >= 11 is 2.02. The van der Waals surface area contributed by atoms with Crippen molar-refractivity contribution in [2.24, 2.45) is 0 Å². The number of aryl methyl sites for hydroxylation is 1. The number of hydrogen-bond acceptors (Lipinski definition) is 3. The van der Waals surface area contributed by atoms with Crippen molar-refractivity contribution in [1.82, 2.24) is 10.2 Å². The zero-order chi connectivity index (χ0) is 12.8. The average molecular weight is 339 g/mol. The fourth-order valence-corrected chi connectivity index (χ4v) is 3.78. The van der Waals surface area contributed by atoms with Crippen LogP contribution < -0.4 is 5.32 Å². The zero-order valence-corrected chi connectivity index (χ0v) is 15.0. The lowest BCUT2D eigenvalue weighted by Gasteiger charge is -2.34. The summed E-state index contributed by atoms with van der Waals surface area (Å²) in [6, 6.07) is 5.35. The molecule has 0 amide bonds. The van der Waals surface area contributed by atoms with Crippen molar-refractivity contribution in [3.8, 4) is 0 Å². The van der Waals surface area contributed by atoms with Crippen LogP contribution in [-0.4, -0.2) is 31.1 Å². The molecule has 0 aliphatic carbocycles. The van der Waals surface area contributed by atoms with Crippen molar-refractivity contribution >= 4 is 36.2 Å². The first-order chi connectivity index (χ1) is 8.85. The average Bonchev–Trinajstić information content (AvgIpc) is 2.89. The molecule has 0 radical (unpaired) electrons. The van der Waals surface area contributed by atoms with E-state index in [1.165, 1.54) is 43.6 Å². The van der Waals surface area contributed by atoms with Crippen molar-refractivity contribution < 1.29 is 0 Å². The molecule has 0 spiro atoms. The van der Waals surface area contributed by atoms with Gasteiger partial charge in [0.1, 0.15) is 0 Å². The predicted octanol–water partition coefficient (Wildman–Crippen LogP) is 4.29. The summed E-state index contributed by atoms with van der Waals surface area (Å²) in [5.74, 6) is 0. The predicted molar refractivity (Wildman–Crippen MR) is 94.9 cm³/mol. The molecule has 1 aromatic heterocycles. The Kier molecular flexibility index (Phi) is 11.0. The summed E-state index contributed by atoms with van der Waals surface area (Å²) < 4.78 is 0. The van der Waals surface area contributed by atoms with Crippen LogP contribution >= 0.6 is 36.2 Å². The van der Waals surface area contributed by atoms with Crippen molar-refractivity contribution in [2.45, 2.75) is 45.6 Å². The maximum atomic E-state index is 3.46. The minimum Gasteiger partial charge on any atom is -0.314 e. The second-order valence-electron chi connectivity index (χ2n) is 5.10. The maximum Gasteiger partial charge on any atom is 0.0442 e. The summed E-state index contributed by atoms with van der Waals surface area (Å²) in [6.45, 7) is 9.24. The SMILES string of the molecule is CCCC[C@H](c1ccc(CC)s1)N1CCNCC1.Cl.Cl. The van der Waals surface area contributed by atoms with Gasteiger partial charge in [0.2, 0.25) is 0 Å². The van der Waals surface area contributed by atoms with Gasteiger partial charge in [-0.15, -0.1) is 36.2 Å². The molecule has 2 rings (SSSR count). The van der Waals surface area contributed by atoms with Gasteiger partial charge < -0.3 is 5.32 Å². The van der Waals surface area contributed by atoms with Crippen LogP contribution in [0.3, 0.4) is 0 Å². The lowest BCUT2D eigenvalue weighted by molar-refractivity contribution is 0.165. The molecular weight excluding hydrogens is 311 g/mol. The number of thiophene rings is 1. The first kappa shape index (κ1) is 20.2. The second-order valence-corrected chi connectivity index (χ2v) is 6.30. The van der Waals surface area contributed by atoms with Gasteiger partial charge in [0, 0.05) is 42.0 Å². The van der Waals surface area contributed by atoms with E-state index >= 15 is 0 Å². The van der Waals surface area contributed by atoms with Crippen LogP contribution in [0, 0.1) is 0 Å². The van der Waals surface area contributed by atoms with Crippen LogP contribution in [0.2, 0.25) is 0 Å². The van der Waals surface area contributed by atoms with E-state index < -0.39 is 0 Å². The fourth-order valence-electron chi connectivity index (χ4n) is 2.66. The maximum absolute atomic E-state index is 3.46. The van der Waals surface area contributed by atoms with E-state index in [1.807, 2.05) is 11.3 Å². The molecule has 1 atom stereocenters. The van der Waals surface area contributed by atoms with Gasteiger partial charge in [-0.1, -0.05) is 26.7 Å². The van der Waals surface area contributed by atoms with E-state index in [2.05, 4.69) is 36.2 Å². The van der Waals surface area contributed by atoms with Crippen LogP contribution in [0.4, 0.5) is 0 Å². The Morgan fingerprint density at radius 1 is 1.20 bits per heavy atom. The van der Waals surface area contributed by atoms with Crippen molar-refractivity contribution in [3.05, 3.63) is 21.9 Å². The molecule has 2 nitrogen and oxygen atoms in total. The number of piperazine rings is 1. The third kappa shape index (κ3) is 5.53. The molecule has 1 aromatic rings. The van der Waals surface area contributed by atoms with Crippen LogP contribution in [0.5, 0.6) is 0 Å². The number of nitrogens with one attached hydrogen (secondary N) is 1. The standard InChI is InChI=1S/C15H26N2S.2ClH/c1-3-5-6-14(17-11-9-16-10-12-17)15-8-7-13(4-2)18-15;;/h7-8,14,16H,3-6,9-12H2,1-2H3;2*1H/t14-;;/m1../s1. The lowest BCUT2D eigenvalue weighted by Crippen LogP contribution is -2.45. The van der Waals surface area contributed by atoms with Gasteiger partial charge in [-0.25, -0.2) is 0 Å². The van der Waals surface area contributed by atoms with Gasteiger partial charge in [0.15, 0.2) is 0 Å². The molecule has 118 valence electrons. The second kappa shape index (κ2) is 10.9. The van der Waals surface area contributed by atoms with Gasteiger partial charge >= 0.3 is 0 Å². The number of nitrogens with zero attached hydrogens (tertiary/aromatic N) is 1. The Hall–Kier alpha value is 0.200. The third-order valence-corrected chi connectivity index (χ3v) is 5.11. The molecule has 0 unspecified atom stereocenters. The first-order valence-electron chi connectivity index (χ1n) is 7.38. The van der Waals surface area contributed by atoms with Gasteiger partial charge in [-0.3, -0.25) is 4.90 Å². The quantitative estimate of drug-likeness (QED) is 0.832.